The number of phenols is 2. The summed E-state index contributed by atoms with van der Waals surface area (Å²) in [6.07, 6.45) is 0.150. The van der Waals surface area contributed by atoms with Gasteiger partial charge in [0.1, 0.15) is 34.5 Å². The quantitative estimate of drug-likeness (QED) is 0.614. The molecule has 4 atom stereocenters. The average molecular weight is 364 g/mol. The highest BCUT2D eigenvalue weighted by atomic mass is 16.5. The summed E-state index contributed by atoms with van der Waals surface area (Å²) in [4.78, 5) is 12.7. The Hall–Kier alpha value is -1.79. The van der Waals surface area contributed by atoms with Crippen LogP contribution < -0.4 is 4.74 Å². The Kier molecular flexibility index (Phi) is 4.28. The summed E-state index contributed by atoms with van der Waals surface area (Å²) in [6, 6.07) is 1.13. The highest BCUT2D eigenvalue weighted by molar-refractivity contribution is 6.03. The minimum Gasteiger partial charge on any atom is -0.507 e. The van der Waals surface area contributed by atoms with Gasteiger partial charge in [0, 0.05) is 23.5 Å². The van der Waals surface area contributed by atoms with Gasteiger partial charge in [0.25, 0.3) is 0 Å². The highest BCUT2D eigenvalue weighted by Crippen LogP contribution is 2.58. The smallest absolute Gasteiger partial charge is 0.172 e. The van der Waals surface area contributed by atoms with Crippen LogP contribution in [0.2, 0.25) is 0 Å². The van der Waals surface area contributed by atoms with Gasteiger partial charge < -0.3 is 25.2 Å². The predicted molar refractivity (Wildman–Crippen MR) is 95.7 cm³/mol. The van der Waals surface area contributed by atoms with Crippen LogP contribution in [0.4, 0.5) is 0 Å². The first-order chi connectivity index (χ1) is 11.9. The maximum Gasteiger partial charge on any atom is 0.172 e. The van der Waals surface area contributed by atoms with Crippen LogP contribution >= 0.6 is 0 Å². The number of ether oxygens (including phenoxy) is 1. The summed E-state index contributed by atoms with van der Waals surface area (Å²) in [6.45, 7) is 8.57. The van der Waals surface area contributed by atoms with Crippen molar-refractivity contribution in [3.05, 3.63) is 17.2 Å². The van der Waals surface area contributed by atoms with Gasteiger partial charge in [-0.25, -0.2) is 0 Å². The standard InChI is InChI=1S/C20H28O6/c1-9(2)16(23)15-12(22)8-11(21)14-13-10(19(3,4)25)6-7-20(5,18(13)24)26-17(14)15/h8-10,13,18,21-22,24-25H,6-7H2,1-5H3/t10-,13+,18-,20+/m0/s1. The Balaban J connectivity index is 2.30. The number of benzene rings is 1. The summed E-state index contributed by atoms with van der Waals surface area (Å²) < 4.78 is 6.06. The number of phenolic OH excluding ortho intramolecular Hbond substituents is 2. The number of aliphatic hydroxyl groups excluding tert-OH is 1. The molecule has 2 bridgehead atoms. The second-order valence-electron chi connectivity index (χ2n) is 8.74. The van der Waals surface area contributed by atoms with Crippen LogP contribution in [0, 0.1) is 11.8 Å². The van der Waals surface area contributed by atoms with Crippen molar-refractivity contribution in [1.82, 2.24) is 0 Å². The summed E-state index contributed by atoms with van der Waals surface area (Å²) in [5, 5.41) is 42.5. The monoisotopic (exact) mass is 364 g/mol. The van der Waals surface area contributed by atoms with Gasteiger partial charge in [-0.1, -0.05) is 13.8 Å². The van der Waals surface area contributed by atoms with E-state index in [1.165, 1.54) is 0 Å². The molecule has 2 aliphatic rings. The van der Waals surface area contributed by atoms with Crippen LogP contribution in [0.1, 0.15) is 69.3 Å². The van der Waals surface area contributed by atoms with Crippen LogP contribution in [0.15, 0.2) is 6.07 Å². The molecular weight excluding hydrogens is 336 g/mol. The molecule has 0 spiro atoms. The zero-order valence-electron chi connectivity index (χ0n) is 15.9. The van der Waals surface area contributed by atoms with Crippen molar-refractivity contribution >= 4 is 5.78 Å². The summed E-state index contributed by atoms with van der Waals surface area (Å²) >= 11 is 0. The van der Waals surface area contributed by atoms with Gasteiger partial charge >= 0.3 is 0 Å². The molecule has 0 radical (unpaired) electrons. The van der Waals surface area contributed by atoms with Gasteiger partial charge in [0.15, 0.2) is 5.78 Å². The summed E-state index contributed by atoms with van der Waals surface area (Å²) in [7, 11) is 0. The van der Waals surface area contributed by atoms with Crippen LogP contribution in [-0.4, -0.2) is 43.5 Å². The lowest BCUT2D eigenvalue weighted by Crippen LogP contribution is -2.59. The third kappa shape index (κ3) is 2.67. The van der Waals surface area contributed by atoms with Crippen molar-refractivity contribution in [1.29, 1.82) is 0 Å². The molecule has 0 amide bonds. The number of carbonyl (C=O) groups is 1. The third-order valence-corrected chi connectivity index (χ3v) is 5.97. The average Bonchev–Trinajstić information content (AvgIpc) is 2.47. The molecule has 0 unspecified atom stereocenters. The van der Waals surface area contributed by atoms with Crippen LogP contribution in [-0.2, 0) is 0 Å². The lowest BCUT2D eigenvalue weighted by Gasteiger charge is -2.53. The minimum absolute atomic E-state index is 0.0346. The number of hydrogen-bond donors (Lipinski definition) is 4. The van der Waals surface area contributed by atoms with E-state index in [2.05, 4.69) is 0 Å². The lowest BCUT2D eigenvalue weighted by atomic mass is 9.61. The van der Waals surface area contributed by atoms with Crippen molar-refractivity contribution in [2.45, 2.75) is 70.7 Å². The van der Waals surface area contributed by atoms with Crippen molar-refractivity contribution in [3.8, 4) is 17.2 Å². The van der Waals surface area contributed by atoms with Gasteiger partial charge in [-0.15, -0.1) is 0 Å². The Morgan fingerprint density at radius 1 is 1.31 bits per heavy atom. The first-order valence-corrected chi connectivity index (χ1v) is 9.11. The van der Waals surface area contributed by atoms with Gasteiger partial charge in [-0.2, -0.15) is 0 Å². The number of hydrogen-bond acceptors (Lipinski definition) is 6. The Morgan fingerprint density at radius 3 is 2.46 bits per heavy atom. The van der Waals surface area contributed by atoms with Crippen molar-refractivity contribution < 1.29 is 30.0 Å². The molecule has 3 rings (SSSR count). The predicted octanol–water partition coefficient (Wildman–Crippen LogP) is 2.71. The van der Waals surface area contributed by atoms with E-state index in [1.54, 1.807) is 34.6 Å². The molecule has 1 heterocycles. The normalized spacial score (nSPS) is 30.7. The second-order valence-corrected chi connectivity index (χ2v) is 8.74. The number of fused-ring (bicyclic) bond motifs is 4. The topological polar surface area (TPSA) is 107 Å². The second kappa shape index (κ2) is 5.86. The zero-order chi connectivity index (χ0) is 19.6. The molecule has 1 aromatic rings. The highest BCUT2D eigenvalue weighted by Gasteiger charge is 2.57. The van der Waals surface area contributed by atoms with E-state index in [9.17, 15) is 25.2 Å². The molecule has 1 fully saturated rings. The minimum atomic E-state index is -1.09. The van der Waals surface area contributed by atoms with Crippen molar-refractivity contribution in [3.63, 3.8) is 0 Å². The van der Waals surface area contributed by atoms with Gasteiger partial charge in [-0.05, 0) is 39.5 Å². The van der Waals surface area contributed by atoms with Crippen molar-refractivity contribution in [2.75, 3.05) is 0 Å². The number of aromatic hydroxyl groups is 2. The van der Waals surface area contributed by atoms with Crippen molar-refractivity contribution in [2.24, 2.45) is 11.8 Å². The van der Waals surface area contributed by atoms with Crippen LogP contribution in [0.25, 0.3) is 0 Å². The Morgan fingerprint density at radius 2 is 1.92 bits per heavy atom. The van der Waals surface area contributed by atoms with E-state index in [4.69, 9.17) is 4.74 Å². The van der Waals surface area contributed by atoms with Crippen LogP contribution in [0.3, 0.4) is 0 Å². The Labute approximate surface area is 153 Å². The molecule has 0 saturated heterocycles. The SMILES string of the molecule is CC(C)C(=O)c1c(O)cc(O)c2c1O[C@]1(C)CC[C@H](C(C)(C)O)[C@H]2[C@@H]1O. The fourth-order valence-corrected chi connectivity index (χ4v) is 4.47. The maximum atomic E-state index is 12.7. The van der Waals surface area contributed by atoms with Gasteiger partial charge in [0.2, 0.25) is 0 Å². The lowest BCUT2D eigenvalue weighted by molar-refractivity contribution is -0.142. The molecule has 1 aromatic carbocycles. The number of aliphatic hydroxyl groups is 2. The molecule has 6 nitrogen and oxygen atoms in total. The molecule has 1 aliphatic heterocycles. The fraction of sp³-hybridized carbons (Fsp3) is 0.650. The Bertz CT molecular complexity index is 748. The van der Waals surface area contributed by atoms with E-state index in [0.717, 1.165) is 6.07 Å². The van der Waals surface area contributed by atoms with E-state index in [1.807, 2.05) is 0 Å². The molecule has 1 saturated carbocycles. The first-order valence-electron chi connectivity index (χ1n) is 9.11. The van der Waals surface area contributed by atoms with E-state index >= 15 is 0 Å². The number of carbonyl (C=O) groups excluding carboxylic acids is 1. The fourth-order valence-electron chi connectivity index (χ4n) is 4.47. The number of ketones is 1. The molecular formula is C20H28O6. The maximum absolute atomic E-state index is 12.7. The van der Waals surface area contributed by atoms with E-state index in [0.29, 0.717) is 18.4 Å². The number of rotatable bonds is 3. The van der Waals surface area contributed by atoms with Gasteiger partial charge in [-0.3, -0.25) is 4.79 Å². The molecule has 1 aliphatic carbocycles. The molecule has 26 heavy (non-hydrogen) atoms. The summed E-state index contributed by atoms with van der Waals surface area (Å²) in [5.41, 5.74) is -1.71. The van der Waals surface area contributed by atoms with Gasteiger partial charge in [0.05, 0.1) is 5.60 Å². The largest absolute Gasteiger partial charge is 0.507 e. The zero-order valence-corrected chi connectivity index (χ0v) is 15.9. The first kappa shape index (κ1) is 19.0. The van der Waals surface area contributed by atoms with E-state index in [-0.39, 0.29) is 40.4 Å². The third-order valence-electron chi connectivity index (χ3n) is 5.97. The molecule has 144 valence electrons. The molecule has 4 N–H and O–H groups in total. The number of Topliss-reactive ketones (excluding diaryl/α,β-unsaturated/α-hetero) is 1. The van der Waals surface area contributed by atoms with E-state index < -0.39 is 23.2 Å². The molecule has 6 heteroatoms. The van der Waals surface area contributed by atoms with Crippen LogP contribution in [0.5, 0.6) is 17.2 Å². The summed E-state index contributed by atoms with van der Waals surface area (Å²) in [5.74, 6) is -2.03. The molecule has 0 aromatic heterocycles.